The Labute approximate surface area is 110 Å². The van der Waals surface area contributed by atoms with Crippen molar-refractivity contribution in [1.82, 2.24) is 5.32 Å². The predicted molar refractivity (Wildman–Crippen MR) is 76.5 cm³/mol. The molecule has 1 aliphatic rings. The second-order valence-corrected chi connectivity index (χ2v) is 6.51. The van der Waals surface area contributed by atoms with Gasteiger partial charge in [-0.25, -0.2) is 0 Å². The van der Waals surface area contributed by atoms with Crippen LogP contribution in [0.3, 0.4) is 0 Å². The largest absolute Gasteiger partial charge is 0.352 e. The summed E-state index contributed by atoms with van der Waals surface area (Å²) in [5.74, 6) is 1.36. The van der Waals surface area contributed by atoms with Crippen LogP contribution in [0.4, 0.5) is 0 Å². The molecule has 3 heteroatoms. The number of nitrogens with one attached hydrogen (secondary N) is 1. The molecule has 17 heavy (non-hydrogen) atoms. The molecule has 0 aromatic heterocycles. The third-order valence-electron chi connectivity index (χ3n) is 3.44. The SMILES string of the molecule is CCCCSC(C)C(=O)NC1CCCCCC1. The van der Waals surface area contributed by atoms with Gasteiger partial charge in [0, 0.05) is 6.04 Å². The fourth-order valence-corrected chi connectivity index (χ4v) is 3.25. The van der Waals surface area contributed by atoms with Gasteiger partial charge in [0.25, 0.3) is 0 Å². The lowest BCUT2D eigenvalue weighted by Gasteiger charge is -2.19. The van der Waals surface area contributed by atoms with Crippen LogP contribution in [0.15, 0.2) is 0 Å². The molecule has 1 unspecified atom stereocenters. The monoisotopic (exact) mass is 257 g/mol. The molecule has 2 nitrogen and oxygen atoms in total. The van der Waals surface area contributed by atoms with Crippen LogP contribution in [0.25, 0.3) is 0 Å². The quantitative estimate of drug-likeness (QED) is 0.580. The summed E-state index contributed by atoms with van der Waals surface area (Å²) in [5, 5.41) is 3.34. The number of carbonyl (C=O) groups is 1. The molecule has 0 aliphatic heterocycles. The number of hydrogen-bond donors (Lipinski definition) is 1. The highest BCUT2D eigenvalue weighted by atomic mass is 32.2. The first-order chi connectivity index (χ1) is 8.24. The zero-order chi connectivity index (χ0) is 12.5. The van der Waals surface area contributed by atoms with Crippen molar-refractivity contribution in [3.8, 4) is 0 Å². The Hall–Kier alpha value is -0.180. The van der Waals surface area contributed by atoms with Crippen molar-refractivity contribution in [2.24, 2.45) is 0 Å². The Bertz CT molecular complexity index is 212. The predicted octanol–water partition coefficient (Wildman–Crippen LogP) is 3.75. The molecule has 1 amide bonds. The highest BCUT2D eigenvalue weighted by Crippen LogP contribution is 2.18. The molecule has 0 heterocycles. The summed E-state index contributed by atoms with van der Waals surface area (Å²) < 4.78 is 0. The molecule has 0 spiro atoms. The molecule has 0 aromatic rings. The molecule has 0 radical (unpaired) electrons. The van der Waals surface area contributed by atoms with Crippen LogP contribution in [-0.2, 0) is 4.79 Å². The van der Waals surface area contributed by atoms with E-state index in [1.807, 2.05) is 6.92 Å². The summed E-state index contributed by atoms with van der Waals surface area (Å²) in [6.45, 7) is 4.23. The van der Waals surface area contributed by atoms with Gasteiger partial charge in [-0.15, -0.1) is 11.8 Å². The Balaban J connectivity index is 2.21. The first kappa shape index (κ1) is 14.9. The van der Waals surface area contributed by atoms with Crippen molar-refractivity contribution >= 4 is 17.7 Å². The van der Waals surface area contributed by atoms with E-state index in [1.54, 1.807) is 11.8 Å². The smallest absolute Gasteiger partial charge is 0.233 e. The van der Waals surface area contributed by atoms with Crippen LogP contribution in [-0.4, -0.2) is 23.0 Å². The van der Waals surface area contributed by atoms with Crippen LogP contribution in [0.1, 0.15) is 65.2 Å². The summed E-state index contributed by atoms with van der Waals surface area (Å²) in [4.78, 5) is 12.0. The van der Waals surface area contributed by atoms with E-state index in [0.29, 0.717) is 6.04 Å². The van der Waals surface area contributed by atoms with Gasteiger partial charge in [0.15, 0.2) is 0 Å². The van der Waals surface area contributed by atoms with E-state index in [0.717, 1.165) is 5.75 Å². The summed E-state index contributed by atoms with van der Waals surface area (Å²) in [5.41, 5.74) is 0. The van der Waals surface area contributed by atoms with Gasteiger partial charge >= 0.3 is 0 Å². The topological polar surface area (TPSA) is 29.1 Å². The molecule has 100 valence electrons. The number of amides is 1. The van der Waals surface area contributed by atoms with Gasteiger partial charge in [-0.05, 0) is 31.9 Å². The second-order valence-electron chi connectivity index (χ2n) is 5.06. The maximum atomic E-state index is 12.0. The lowest BCUT2D eigenvalue weighted by molar-refractivity contribution is -0.121. The van der Waals surface area contributed by atoms with Crippen molar-refractivity contribution in [2.75, 3.05) is 5.75 Å². The van der Waals surface area contributed by atoms with Crippen LogP contribution in [0.5, 0.6) is 0 Å². The molecular weight excluding hydrogens is 230 g/mol. The summed E-state index contributed by atoms with van der Waals surface area (Å²) in [7, 11) is 0. The molecule has 1 atom stereocenters. The third kappa shape index (κ3) is 6.35. The average Bonchev–Trinajstić information content (AvgIpc) is 2.57. The number of hydrogen-bond acceptors (Lipinski definition) is 2. The van der Waals surface area contributed by atoms with Gasteiger partial charge < -0.3 is 5.32 Å². The van der Waals surface area contributed by atoms with E-state index < -0.39 is 0 Å². The molecule has 0 saturated heterocycles. The molecule has 1 fully saturated rings. The Morgan fingerprint density at radius 3 is 2.53 bits per heavy atom. The molecule has 1 N–H and O–H groups in total. The average molecular weight is 257 g/mol. The second kappa shape index (κ2) is 8.84. The normalized spacial score (nSPS) is 19.6. The van der Waals surface area contributed by atoms with Crippen LogP contribution < -0.4 is 5.32 Å². The maximum Gasteiger partial charge on any atom is 0.233 e. The third-order valence-corrected chi connectivity index (χ3v) is 4.67. The van der Waals surface area contributed by atoms with Crippen molar-refractivity contribution in [1.29, 1.82) is 0 Å². The fourth-order valence-electron chi connectivity index (χ4n) is 2.22. The van der Waals surface area contributed by atoms with Crippen LogP contribution >= 0.6 is 11.8 Å². The van der Waals surface area contributed by atoms with Gasteiger partial charge in [0.2, 0.25) is 5.91 Å². The Morgan fingerprint density at radius 1 is 1.29 bits per heavy atom. The van der Waals surface area contributed by atoms with Gasteiger partial charge in [-0.1, -0.05) is 39.0 Å². The van der Waals surface area contributed by atoms with E-state index in [2.05, 4.69) is 12.2 Å². The fraction of sp³-hybridized carbons (Fsp3) is 0.929. The first-order valence-electron chi connectivity index (χ1n) is 7.16. The molecule has 0 bridgehead atoms. The lowest BCUT2D eigenvalue weighted by Crippen LogP contribution is -2.39. The summed E-state index contributed by atoms with van der Waals surface area (Å²) >= 11 is 1.79. The van der Waals surface area contributed by atoms with Crippen LogP contribution in [0.2, 0.25) is 0 Å². The van der Waals surface area contributed by atoms with Crippen LogP contribution in [0, 0.1) is 0 Å². The Morgan fingerprint density at radius 2 is 1.94 bits per heavy atom. The standard InChI is InChI=1S/C14H27NOS/c1-3-4-11-17-12(2)14(16)15-13-9-7-5-6-8-10-13/h12-13H,3-11H2,1-2H3,(H,15,16). The number of unbranched alkanes of at least 4 members (excludes halogenated alkanes) is 1. The molecule has 1 rings (SSSR count). The maximum absolute atomic E-state index is 12.0. The van der Waals surface area contributed by atoms with Gasteiger partial charge in [-0.3, -0.25) is 4.79 Å². The number of thioether (sulfide) groups is 1. The minimum atomic E-state index is 0.116. The Kier molecular flexibility index (Phi) is 7.74. The highest BCUT2D eigenvalue weighted by Gasteiger charge is 2.18. The number of carbonyl (C=O) groups excluding carboxylic acids is 1. The van der Waals surface area contributed by atoms with Crippen molar-refractivity contribution in [2.45, 2.75) is 76.5 Å². The molecule has 0 aromatic carbocycles. The van der Waals surface area contributed by atoms with Crippen molar-refractivity contribution < 1.29 is 4.79 Å². The molecule has 1 aliphatic carbocycles. The number of rotatable bonds is 6. The summed E-state index contributed by atoms with van der Waals surface area (Å²) in [6.07, 6.45) is 10.0. The van der Waals surface area contributed by atoms with Gasteiger partial charge in [0.05, 0.1) is 5.25 Å². The van der Waals surface area contributed by atoms with Crippen molar-refractivity contribution in [3.63, 3.8) is 0 Å². The highest BCUT2D eigenvalue weighted by molar-refractivity contribution is 8.00. The van der Waals surface area contributed by atoms with Gasteiger partial charge in [0.1, 0.15) is 0 Å². The van der Waals surface area contributed by atoms with E-state index in [4.69, 9.17) is 0 Å². The minimum absolute atomic E-state index is 0.116. The first-order valence-corrected chi connectivity index (χ1v) is 8.21. The summed E-state index contributed by atoms with van der Waals surface area (Å²) in [6, 6.07) is 0.444. The minimum Gasteiger partial charge on any atom is -0.352 e. The zero-order valence-electron chi connectivity index (χ0n) is 11.3. The van der Waals surface area contributed by atoms with Crippen molar-refractivity contribution in [3.05, 3.63) is 0 Å². The van der Waals surface area contributed by atoms with E-state index >= 15 is 0 Å². The van der Waals surface area contributed by atoms with E-state index in [-0.39, 0.29) is 11.2 Å². The molecular formula is C14H27NOS. The molecule has 1 saturated carbocycles. The van der Waals surface area contributed by atoms with E-state index in [9.17, 15) is 4.79 Å². The lowest BCUT2D eigenvalue weighted by atomic mass is 10.1. The van der Waals surface area contributed by atoms with E-state index in [1.165, 1.54) is 51.4 Å². The van der Waals surface area contributed by atoms with Gasteiger partial charge in [-0.2, -0.15) is 0 Å². The zero-order valence-corrected chi connectivity index (χ0v) is 12.2.